The minimum absolute atomic E-state index is 0.171. The van der Waals surface area contributed by atoms with E-state index in [1.165, 1.54) is 5.56 Å². The molecule has 0 spiro atoms. The average molecular weight is 427 g/mol. The van der Waals surface area contributed by atoms with Crippen LogP contribution in [0.3, 0.4) is 0 Å². The van der Waals surface area contributed by atoms with Crippen molar-refractivity contribution in [1.29, 1.82) is 0 Å². The van der Waals surface area contributed by atoms with E-state index in [0.717, 1.165) is 29.7 Å². The van der Waals surface area contributed by atoms with E-state index in [4.69, 9.17) is 9.47 Å². The Morgan fingerprint density at radius 2 is 1.68 bits per heavy atom. The fraction of sp³-hybridized carbons (Fsp3) is 0.440. The number of carbonyl (C=O) groups is 2. The monoisotopic (exact) mass is 426 g/mol. The van der Waals surface area contributed by atoms with Crippen molar-refractivity contribution < 1.29 is 19.1 Å². The number of rotatable bonds is 10. The fourth-order valence-corrected chi connectivity index (χ4v) is 2.97. The zero-order chi connectivity index (χ0) is 22.9. The van der Waals surface area contributed by atoms with Crippen LogP contribution in [-0.2, 0) is 16.0 Å². The van der Waals surface area contributed by atoms with Gasteiger partial charge in [0.15, 0.2) is 6.61 Å². The molecule has 31 heavy (non-hydrogen) atoms. The highest BCUT2D eigenvalue weighted by atomic mass is 16.5. The third-order valence-electron chi connectivity index (χ3n) is 5.18. The SMILES string of the molecule is CCc1ccc(OCC(=O)NNC(=O)C(C)(C)CCCOc2cc(C)ccc2C)cc1. The third kappa shape index (κ3) is 7.96. The number of hydrazine groups is 1. The first kappa shape index (κ1) is 24.3. The molecule has 0 aliphatic carbocycles. The van der Waals surface area contributed by atoms with Gasteiger partial charge >= 0.3 is 0 Å². The predicted octanol–water partition coefficient (Wildman–Crippen LogP) is 4.28. The summed E-state index contributed by atoms with van der Waals surface area (Å²) in [6.07, 6.45) is 2.29. The zero-order valence-electron chi connectivity index (χ0n) is 19.2. The van der Waals surface area contributed by atoms with Gasteiger partial charge in [0.05, 0.1) is 6.61 Å². The lowest BCUT2D eigenvalue weighted by Gasteiger charge is -2.23. The van der Waals surface area contributed by atoms with E-state index in [0.29, 0.717) is 18.8 Å². The summed E-state index contributed by atoms with van der Waals surface area (Å²) in [5, 5.41) is 0. The topological polar surface area (TPSA) is 76.7 Å². The summed E-state index contributed by atoms with van der Waals surface area (Å²) < 4.78 is 11.3. The first-order chi connectivity index (χ1) is 14.7. The third-order valence-corrected chi connectivity index (χ3v) is 5.18. The van der Waals surface area contributed by atoms with Gasteiger partial charge in [-0.1, -0.05) is 45.0 Å². The van der Waals surface area contributed by atoms with Gasteiger partial charge < -0.3 is 9.47 Å². The zero-order valence-corrected chi connectivity index (χ0v) is 19.2. The van der Waals surface area contributed by atoms with E-state index in [1.54, 1.807) is 0 Å². The highest BCUT2D eigenvalue weighted by Crippen LogP contribution is 2.24. The van der Waals surface area contributed by atoms with Gasteiger partial charge in [-0.3, -0.25) is 20.4 Å². The molecule has 6 heteroatoms. The molecule has 0 aliphatic heterocycles. The number of nitrogens with one attached hydrogen (secondary N) is 2. The molecule has 2 aromatic rings. The summed E-state index contributed by atoms with van der Waals surface area (Å²) in [7, 11) is 0. The van der Waals surface area contributed by atoms with Crippen LogP contribution >= 0.6 is 0 Å². The molecule has 0 aliphatic rings. The minimum atomic E-state index is -0.644. The lowest BCUT2D eigenvalue weighted by molar-refractivity contribution is -0.135. The summed E-state index contributed by atoms with van der Waals surface area (Å²) in [5.41, 5.74) is 7.71. The quantitative estimate of drug-likeness (QED) is 0.439. The van der Waals surface area contributed by atoms with Crippen LogP contribution in [0.2, 0.25) is 0 Å². The average Bonchev–Trinajstić information content (AvgIpc) is 2.76. The largest absolute Gasteiger partial charge is 0.493 e. The van der Waals surface area contributed by atoms with Crippen LogP contribution in [0.15, 0.2) is 42.5 Å². The number of carbonyl (C=O) groups excluding carboxylic acids is 2. The molecule has 0 saturated carbocycles. The molecule has 2 N–H and O–H groups in total. The lowest BCUT2D eigenvalue weighted by Crippen LogP contribution is -2.48. The molecule has 0 aromatic heterocycles. The van der Waals surface area contributed by atoms with Crippen LogP contribution in [0, 0.1) is 19.3 Å². The van der Waals surface area contributed by atoms with Crippen molar-refractivity contribution in [2.24, 2.45) is 5.41 Å². The number of ether oxygens (including phenoxy) is 2. The highest BCUT2D eigenvalue weighted by Gasteiger charge is 2.27. The van der Waals surface area contributed by atoms with Crippen LogP contribution in [0.5, 0.6) is 11.5 Å². The van der Waals surface area contributed by atoms with E-state index in [2.05, 4.69) is 23.8 Å². The Kier molecular flexibility index (Phi) is 8.91. The van der Waals surface area contributed by atoms with Gasteiger partial charge in [0.25, 0.3) is 5.91 Å². The Bertz CT molecular complexity index is 876. The lowest BCUT2D eigenvalue weighted by atomic mass is 9.87. The summed E-state index contributed by atoms with van der Waals surface area (Å²) in [4.78, 5) is 24.4. The molecule has 2 rings (SSSR count). The highest BCUT2D eigenvalue weighted by molar-refractivity contribution is 5.85. The number of hydrogen-bond acceptors (Lipinski definition) is 4. The van der Waals surface area contributed by atoms with Crippen molar-refractivity contribution in [2.45, 2.75) is 53.9 Å². The number of aryl methyl sites for hydroxylation is 3. The van der Waals surface area contributed by atoms with E-state index >= 15 is 0 Å². The Hall–Kier alpha value is -3.02. The second-order valence-electron chi connectivity index (χ2n) is 8.39. The van der Waals surface area contributed by atoms with Crippen LogP contribution in [-0.4, -0.2) is 25.0 Å². The van der Waals surface area contributed by atoms with Gasteiger partial charge in [0, 0.05) is 5.41 Å². The predicted molar refractivity (Wildman–Crippen MR) is 122 cm³/mol. The molecule has 0 radical (unpaired) electrons. The van der Waals surface area contributed by atoms with E-state index < -0.39 is 11.3 Å². The molecular formula is C25H34N2O4. The van der Waals surface area contributed by atoms with E-state index in [9.17, 15) is 9.59 Å². The maximum Gasteiger partial charge on any atom is 0.276 e. The van der Waals surface area contributed by atoms with Gasteiger partial charge in [0.2, 0.25) is 5.91 Å². The Morgan fingerprint density at radius 3 is 2.35 bits per heavy atom. The molecule has 168 valence electrons. The standard InChI is InChI=1S/C25H34N2O4/c1-6-20-10-12-21(13-11-20)31-17-23(28)26-27-24(29)25(4,5)14-7-15-30-22-16-18(2)8-9-19(22)3/h8-13,16H,6-7,14-15,17H2,1-5H3,(H,26,28)(H,27,29). The Morgan fingerprint density at radius 1 is 0.968 bits per heavy atom. The molecule has 2 amide bonds. The van der Waals surface area contributed by atoms with Gasteiger partial charge in [-0.2, -0.15) is 0 Å². The number of benzene rings is 2. The van der Waals surface area contributed by atoms with Crippen molar-refractivity contribution in [3.63, 3.8) is 0 Å². The first-order valence-electron chi connectivity index (χ1n) is 10.7. The normalized spacial score (nSPS) is 11.0. The van der Waals surface area contributed by atoms with Crippen LogP contribution in [0.25, 0.3) is 0 Å². The van der Waals surface area contributed by atoms with Crippen molar-refractivity contribution in [3.05, 3.63) is 59.2 Å². The van der Waals surface area contributed by atoms with Crippen molar-refractivity contribution >= 4 is 11.8 Å². The van der Waals surface area contributed by atoms with Crippen molar-refractivity contribution in [2.75, 3.05) is 13.2 Å². The van der Waals surface area contributed by atoms with Crippen molar-refractivity contribution in [1.82, 2.24) is 10.9 Å². The molecule has 0 fully saturated rings. The summed E-state index contributed by atoms with van der Waals surface area (Å²) in [5.74, 6) is 0.823. The van der Waals surface area contributed by atoms with Crippen LogP contribution in [0.1, 0.15) is 50.3 Å². The molecular weight excluding hydrogens is 392 g/mol. The minimum Gasteiger partial charge on any atom is -0.493 e. The van der Waals surface area contributed by atoms with E-state index in [1.807, 2.05) is 64.1 Å². The molecule has 0 saturated heterocycles. The van der Waals surface area contributed by atoms with Crippen LogP contribution < -0.4 is 20.3 Å². The Labute approximate surface area is 185 Å². The molecule has 0 heterocycles. The first-order valence-corrected chi connectivity index (χ1v) is 10.7. The smallest absolute Gasteiger partial charge is 0.276 e. The maximum absolute atomic E-state index is 12.5. The van der Waals surface area contributed by atoms with Crippen LogP contribution in [0.4, 0.5) is 0 Å². The summed E-state index contributed by atoms with van der Waals surface area (Å²) in [6, 6.07) is 13.7. The maximum atomic E-state index is 12.5. The molecule has 6 nitrogen and oxygen atoms in total. The van der Waals surface area contributed by atoms with Gasteiger partial charge in [-0.05, 0) is 68.0 Å². The van der Waals surface area contributed by atoms with E-state index in [-0.39, 0.29) is 12.5 Å². The Balaban J connectivity index is 1.69. The van der Waals surface area contributed by atoms with Gasteiger partial charge in [-0.15, -0.1) is 0 Å². The summed E-state index contributed by atoms with van der Waals surface area (Å²) in [6.45, 7) is 10.2. The number of amides is 2. The molecule has 2 aromatic carbocycles. The number of hydrogen-bond donors (Lipinski definition) is 2. The molecule has 0 bridgehead atoms. The fourth-order valence-electron chi connectivity index (χ4n) is 2.97. The van der Waals surface area contributed by atoms with Gasteiger partial charge in [-0.25, -0.2) is 0 Å². The van der Waals surface area contributed by atoms with Gasteiger partial charge in [0.1, 0.15) is 11.5 Å². The van der Waals surface area contributed by atoms with Crippen molar-refractivity contribution in [3.8, 4) is 11.5 Å². The second kappa shape index (κ2) is 11.4. The molecule has 0 unspecified atom stereocenters. The molecule has 0 atom stereocenters. The summed E-state index contributed by atoms with van der Waals surface area (Å²) >= 11 is 0. The second-order valence-corrected chi connectivity index (χ2v) is 8.39.